The first kappa shape index (κ1) is 15.3. The van der Waals surface area contributed by atoms with Gasteiger partial charge in [-0.05, 0) is 42.8 Å². The Balaban J connectivity index is 1.91. The highest BCUT2D eigenvalue weighted by molar-refractivity contribution is 5.77. The summed E-state index contributed by atoms with van der Waals surface area (Å²) in [6.07, 6.45) is 2.49. The molecule has 0 aromatic heterocycles. The van der Waals surface area contributed by atoms with E-state index in [2.05, 4.69) is 4.98 Å². The van der Waals surface area contributed by atoms with Gasteiger partial charge < -0.3 is 9.72 Å². The monoisotopic (exact) mass is 335 g/mol. The molecule has 0 amide bonds. The van der Waals surface area contributed by atoms with Gasteiger partial charge in [-0.1, -0.05) is 19.1 Å². The number of imidazole rings is 1. The first-order valence-electron chi connectivity index (χ1n) is 8.18. The Morgan fingerprint density at radius 1 is 1.00 bits per heavy atom. The van der Waals surface area contributed by atoms with Crippen molar-refractivity contribution in [2.45, 2.75) is 13.3 Å². The van der Waals surface area contributed by atoms with E-state index in [0.717, 1.165) is 11.9 Å². The topological polar surface area (TPSA) is 69.0 Å². The number of nitrogens with one attached hydrogen (secondary N) is 1. The molecule has 0 radical (unpaired) electrons. The van der Waals surface area contributed by atoms with Gasteiger partial charge in [0, 0.05) is 6.20 Å². The van der Waals surface area contributed by atoms with Crippen molar-refractivity contribution in [1.82, 2.24) is 14.1 Å². The zero-order valence-corrected chi connectivity index (χ0v) is 13.7. The molecule has 0 saturated carbocycles. The second-order valence-electron chi connectivity index (χ2n) is 5.79. The quantitative estimate of drug-likeness (QED) is 0.623. The number of hydrogen-bond acceptors (Lipinski definition) is 3. The Hall–Kier alpha value is -3.28. The first-order valence-corrected chi connectivity index (χ1v) is 8.18. The molecule has 1 N–H and O–H groups in total. The summed E-state index contributed by atoms with van der Waals surface area (Å²) in [5.41, 5.74) is 1.56. The Morgan fingerprint density at radius 3 is 2.52 bits per heavy atom. The van der Waals surface area contributed by atoms with Crippen molar-refractivity contribution in [2.24, 2.45) is 0 Å². The molecule has 2 aliphatic heterocycles. The van der Waals surface area contributed by atoms with Crippen LogP contribution in [0.25, 0.3) is 22.4 Å². The van der Waals surface area contributed by atoms with Crippen molar-refractivity contribution in [3.63, 3.8) is 0 Å². The van der Waals surface area contributed by atoms with Gasteiger partial charge in [-0.3, -0.25) is 9.36 Å². The van der Waals surface area contributed by atoms with Crippen molar-refractivity contribution < 1.29 is 4.74 Å². The molecule has 6 heteroatoms. The molecule has 126 valence electrons. The molecule has 4 rings (SSSR count). The van der Waals surface area contributed by atoms with Crippen LogP contribution in [-0.4, -0.2) is 20.7 Å². The number of ether oxygens (including phenoxy) is 1. The van der Waals surface area contributed by atoms with E-state index >= 15 is 0 Å². The summed E-state index contributed by atoms with van der Waals surface area (Å²) in [6, 6.07) is 14.4. The number of hydrogen-bond donors (Lipinski definition) is 1. The Morgan fingerprint density at radius 2 is 1.76 bits per heavy atom. The molecular weight excluding hydrogens is 318 g/mol. The van der Waals surface area contributed by atoms with E-state index in [1.54, 1.807) is 30.5 Å². The van der Waals surface area contributed by atoms with Gasteiger partial charge in [-0.25, -0.2) is 9.36 Å². The van der Waals surface area contributed by atoms with Crippen molar-refractivity contribution >= 4 is 11.0 Å². The van der Waals surface area contributed by atoms with Crippen LogP contribution in [0, 0.1) is 0 Å². The van der Waals surface area contributed by atoms with Crippen LogP contribution >= 0.6 is 0 Å². The van der Waals surface area contributed by atoms with Crippen molar-refractivity contribution in [1.29, 1.82) is 0 Å². The van der Waals surface area contributed by atoms with Crippen LogP contribution in [0.4, 0.5) is 0 Å². The third kappa shape index (κ3) is 2.42. The van der Waals surface area contributed by atoms with Crippen molar-refractivity contribution in [2.75, 3.05) is 6.61 Å². The van der Waals surface area contributed by atoms with Crippen LogP contribution < -0.4 is 16.0 Å². The number of aromatic amines is 1. The lowest BCUT2D eigenvalue weighted by Crippen LogP contribution is -2.25. The number of nitrogens with zero attached hydrogens (tertiary/aromatic N) is 2. The lowest BCUT2D eigenvalue weighted by molar-refractivity contribution is 0.317. The van der Waals surface area contributed by atoms with Crippen LogP contribution in [0.5, 0.6) is 5.75 Å². The summed E-state index contributed by atoms with van der Waals surface area (Å²) < 4.78 is 8.17. The standard InChI is InChI=1S/C19H17N3O3/c1-2-11-25-14-9-7-13(8-10-14)21-18(23)17-12-20-15-5-3-4-6-16(15)22(17)19(21)24/h3-10,12,20H,2,11H2,1H3. The van der Waals surface area contributed by atoms with Crippen LogP contribution in [-0.2, 0) is 0 Å². The van der Waals surface area contributed by atoms with Gasteiger partial charge in [0.2, 0.25) is 0 Å². The average molecular weight is 335 g/mol. The molecule has 2 heterocycles. The fraction of sp³-hybridized carbons (Fsp3) is 0.158. The Labute approximate surface area is 143 Å². The molecule has 2 aliphatic rings. The zero-order valence-electron chi connectivity index (χ0n) is 13.7. The maximum absolute atomic E-state index is 12.9. The lowest BCUT2D eigenvalue weighted by Gasteiger charge is -2.06. The lowest BCUT2D eigenvalue weighted by atomic mass is 10.3. The SMILES string of the molecule is CCCOc1ccc(-n2c(=O)c3c[nH]c4ccccc4n-3c2=O)cc1. The number of aromatic nitrogens is 3. The predicted octanol–water partition coefficient (Wildman–Crippen LogP) is 2.70. The average Bonchev–Trinajstić information content (AvgIpc) is 2.91. The second-order valence-corrected chi connectivity index (χ2v) is 5.79. The van der Waals surface area contributed by atoms with E-state index in [-0.39, 0.29) is 11.2 Å². The molecule has 0 fully saturated rings. The molecule has 0 spiro atoms. The Kier molecular flexibility index (Phi) is 3.65. The van der Waals surface area contributed by atoms with Crippen LogP contribution in [0.3, 0.4) is 0 Å². The summed E-state index contributed by atoms with van der Waals surface area (Å²) in [5.74, 6) is 0.716. The third-order valence-electron chi connectivity index (χ3n) is 4.12. The van der Waals surface area contributed by atoms with Gasteiger partial charge in [-0.2, -0.15) is 0 Å². The van der Waals surface area contributed by atoms with E-state index in [1.165, 1.54) is 9.13 Å². The minimum absolute atomic E-state index is 0.315. The minimum atomic E-state index is -0.382. The van der Waals surface area contributed by atoms with E-state index in [1.807, 2.05) is 31.2 Å². The summed E-state index contributed by atoms with van der Waals surface area (Å²) in [4.78, 5) is 28.7. The zero-order chi connectivity index (χ0) is 17.4. The predicted molar refractivity (Wildman–Crippen MR) is 96.5 cm³/mol. The molecular formula is C19H17N3O3. The first-order chi connectivity index (χ1) is 12.2. The molecule has 6 nitrogen and oxygen atoms in total. The molecule has 25 heavy (non-hydrogen) atoms. The van der Waals surface area contributed by atoms with Crippen LogP contribution in [0.1, 0.15) is 13.3 Å². The van der Waals surface area contributed by atoms with Gasteiger partial charge in [-0.15, -0.1) is 0 Å². The number of fused-ring (bicyclic) bond motifs is 3. The summed E-state index contributed by atoms with van der Waals surface area (Å²) >= 11 is 0. The summed E-state index contributed by atoms with van der Waals surface area (Å²) in [5, 5.41) is 0. The van der Waals surface area contributed by atoms with Gasteiger partial charge in [0.1, 0.15) is 11.4 Å². The fourth-order valence-corrected chi connectivity index (χ4v) is 2.94. The fourth-order valence-electron chi connectivity index (χ4n) is 2.94. The van der Waals surface area contributed by atoms with E-state index in [9.17, 15) is 9.59 Å². The Bertz CT molecular complexity index is 1120. The normalized spacial score (nSPS) is 11.2. The molecule has 2 aromatic carbocycles. The highest BCUT2D eigenvalue weighted by atomic mass is 16.5. The molecule has 0 aliphatic carbocycles. The van der Waals surface area contributed by atoms with Gasteiger partial charge >= 0.3 is 5.69 Å². The summed E-state index contributed by atoms with van der Waals surface area (Å²) in [7, 11) is 0. The number of rotatable bonds is 4. The highest BCUT2D eigenvalue weighted by Gasteiger charge is 2.20. The number of para-hydroxylation sites is 2. The van der Waals surface area contributed by atoms with Crippen molar-refractivity contribution in [3.8, 4) is 17.1 Å². The van der Waals surface area contributed by atoms with Gasteiger partial charge in [0.25, 0.3) is 5.56 Å². The molecule has 0 bridgehead atoms. The van der Waals surface area contributed by atoms with Gasteiger partial charge in [0.05, 0.1) is 23.3 Å². The molecule has 0 saturated heterocycles. The number of H-pyrrole nitrogens is 1. The van der Waals surface area contributed by atoms with E-state index < -0.39 is 0 Å². The maximum Gasteiger partial charge on any atom is 0.341 e. The van der Waals surface area contributed by atoms with Crippen molar-refractivity contribution in [3.05, 3.63) is 75.6 Å². The molecule has 2 aromatic rings. The second kappa shape index (κ2) is 5.98. The highest BCUT2D eigenvalue weighted by Crippen LogP contribution is 2.17. The van der Waals surface area contributed by atoms with Crippen LogP contribution in [0.2, 0.25) is 0 Å². The van der Waals surface area contributed by atoms with Crippen LogP contribution in [0.15, 0.2) is 64.3 Å². The smallest absolute Gasteiger partial charge is 0.341 e. The largest absolute Gasteiger partial charge is 0.494 e. The third-order valence-corrected chi connectivity index (χ3v) is 4.12. The molecule has 0 atom stereocenters. The maximum atomic E-state index is 12.9. The van der Waals surface area contributed by atoms with Gasteiger partial charge in [0.15, 0.2) is 0 Å². The molecule has 0 unspecified atom stereocenters. The minimum Gasteiger partial charge on any atom is -0.494 e. The summed E-state index contributed by atoms with van der Waals surface area (Å²) in [6.45, 7) is 2.66. The van der Waals surface area contributed by atoms with E-state index in [4.69, 9.17) is 4.74 Å². The van der Waals surface area contributed by atoms with E-state index in [0.29, 0.717) is 29.2 Å². The number of benzene rings is 2.